The zero-order chi connectivity index (χ0) is 22.7. The zero-order valence-electron chi connectivity index (χ0n) is 16.8. The molecule has 0 saturated carbocycles. The van der Waals surface area contributed by atoms with E-state index in [1.54, 1.807) is 30.3 Å². The molecule has 0 saturated heterocycles. The highest BCUT2D eigenvalue weighted by atomic mass is 35.5. The molecule has 5 nitrogen and oxygen atoms in total. The van der Waals surface area contributed by atoms with Crippen LogP contribution in [0, 0.1) is 5.82 Å². The van der Waals surface area contributed by atoms with Crippen LogP contribution in [0.5, 0.6) is 0 Å². The number of hydrogen-bond acceptors (Lipinski definition) is 3. The first-order valence-corrected chi connectivity index (χ1v) is 10.7. The number of carbonyl (C=O) groups is 2. The van der Waals surface area contributed by atoms with Gasteiger partial charge in [-0.3, -0.25) is 14.6 Å². The lowest BCUT2D eigenvalue weighted by Crippen LogP contribution is -2.19. The molecular weight excluding hydrogens is 452 g/mol. The normalized spacial score (nSPS) is 12.9. The van der Waals surface area contributed by atoms with Gasteiger partial charge in [-0.25, -0.2) is 4.39 Å². The van der Waals surface area contributed by atoms with E-state index in [4.69, 9.17) is 23.2 Å². The number of benzene rings is 3. The topological polar surface area (TPSA) is 70.6 Å². The highest BCUT2D eigenvalue weighted by Gasteiger charge is 2.19. The Morgan fingerprint density at radius 3 is 2.25 bits per heavy atom. The highest BCUT2D eigenvalue weighted by molar-refractivity contribution is 6.31. The SMILES string of the molecule is O=C(Nc1ccc(Cl)cc1C(=O)Nc1ccc(Cl)cc1)c1ccc(C2=NCCC2)cc1F. The minimum Gasteiger partial charge on any atom is -0.322 e. The largest absolute Gasteiger partial charge is 0.322 e. The number of hydrogen-bond donors (Lipinski definition) is 2. The second kappa shape index (κ2) is 9.51. The summed E-state index contributed by atoms with van der Waals surface area (Å²) in [7, 11) is 0. The smallest absolute Gasteiger partial charge is 0.258 e. The van der Waals surface area contributed by atoms with Crippen LogP contribution in [0.3, 0.4) is 0 Å². The molecular formula is C24H18Cl2FN3O2. The van der Waals surface area contributed by atoms with E-state index in [1.807, 2.05) is 0 Å². The van der Waals surface area contributed by atoms with Crippen LogP contribution in [0.1, 0.15) is 39.1 Å². The first kappa shape index (κ1) is 22.0. The molecule has 0 atom stereocenters. The summed E-state index contributed by atoms with van der Waals surface area (Å²) >= 11 is 11.9. The Bertz CT molecular complexity index is 1230. The summed E-state index contributed by atoms with van der Waals surface area (Å²) < 4.78 is 14.7. The van der Waals surface area contributed by atoms with Gasteiger partial charge in [-0.15, -0.1) is 0 Å². The summed E-state index contributed by atoms with van der Waals surface area (Å²) in [5, 5.41) is 6.18. The van der Waals surface area contributed by atoms with E-state index in [2.05, 4.69) is 15.6 Å². The van der Waals surface area contributed by atoms with Crippen LogP contribution in [0.4, 0.5) is 15.8 Å². The molecule has 2 N–H and O–H groups in total. The summed E-state index contributed by atoms with van der Waals surface area (Å²) in [6.07, 6.45) is 1.73. The minimum absolute atomic E-state index is 0.133. The van der Waals surface area contributed by atoms with Gasteiger partial charge in [-0.1, -0.05) is 29.3 Å². The van der Waals surface area contributed by atoms with Crippen LogP contribution >= 0.6 is 23.2 Å². The summed E-state index contributed by atoms with van der Waals surface area (Å²) in [4.78, 5) is 29.9. The van der Waals surface area contributed by atoms with Gasteiger partial charge in [-0.2, -0.15) is 0 Å². The van der Waals surface area contributed by atoms with Crippen molar-refractivity contribution < 1.29 is 14.0 Å². The van der Waals surface area contributed by atoms with Gasteiger partial charge in [0.15, 0.2) is 0 Å². The van der Waals surface area contributed by atoms with Crippen LogP contribution in [0.25, 0.3) is 0 Å². The molecule has 3 aromatic carbocycles. The van der Waals surface area contributed by atoms with Gasteiger partial charge < -0.3 is 10.6 Å². The molecule has 0 bridgehead atoms. The number of carbonyl (C=O) groups excluding carboxylic acids is 2. The molecule has 3 aromatic rings. The second-order valence-corrected chi connectivity index (χ2v) is 8.10. The van der Waals surface area contributed by atoms with Crippen LogP contribution in [0.2, 0.25) is 10.0 Å². The van der Waals surface area contributed by atoms with E-state index < -0.39 is 17.6 Å². The zero-order valence-corrected chi connectivity index (χ0v) is 18.3. The Hall–Kier alpha value is -3.22. The number of halogens is 3. The van der Waals surface area contributed by atoms with E-state index in [0.29, 0.717) is 21.3 Å². The minimum atomic E-state index is -0.676. The van der Waals surface area contributed by atoms with Crippen molar-refractivity contribution in [3.63, 3.8) is 0 Å². The van der Waals surface area contributed by atoms with Crippen LogP contribution in [-0.4, -0.2) is 24.1 Å². The van der Waals surface area contributed by atoms with E-state index in [0.717, 1.165) is 25.1 Å². The lowest BCUT2D eigenvalue weighted by Gasteiger charge is -2.13. The van der Waals surface area contributed by atoms with Crippen LogP contribution in [0.15, 0.2) is 65.7 Å². The van der Waals surface area contributed by atoms with Gasteiger partial charge in [0.1, 0.15) is 5.82 Å². The Kier molecular flexibility index (Phi) is 6.53. The van der Waals surface area contributed by atoms with Crippen LogP contribution in [-0.2, 0) is 0 Å². The lowest BCUT2D eigenvalue weighted by molar-refractivity contribution is 0.102. The van der Waals surface area contributed by atoms with Crippen molar-refractivity contribution >= 4 is 52.1 Å². The molecule has 2 amide bonds. The quantitative estimate of drug-likeness (QED) is 0.465. The molecule has 0 unspecified atom stereocenters. The monoisotopic (exact) mass is 469 g/mol. The van der Waals surface area contributed by atoms with Gasteiger partial charge in [0.05, 0.1) is 16.8 Å². The third-order valence-corrected chi connectivity index (χ3v) is 5.48. The number of rotatable bonds is 5. The summed E-state index contributed by atoms with van der Waals surface area (Å²) in [5.41, 5.74) is 2.24. The predicted octanol–water partition coefficient (Wildman–Crippen LogP) is 6.22. The van der Waals surface area contributed by atoms with Gasteiger partial charge >= 0.3 is 0 Å². The van der Waals surface area contributed by atoms with Crippen molar-refractivity contribution in [3.05, 3.63) is 93.2 Å². The molecule has 1 aliphatic rings. The van der Waals surface area contributed by atoms with Gasteiger partial charge in [0, 0.05) is 28.0 Å². The third kappa shape index (κ3) is 4.98. The molecule has 1 aliphatic heterocycles. The Balaban J connectivity index is 1.55. The fourth-order valence-electron chi connectivity index (χ4n) is 3.39. The van der Waals surface area contributed by atoms with Gasteiger partial charge in [0.2, 0.25) is 0 Å². The maximum atomic E-state index is 14.7. The lowest BCUT2D eigenvalue weighted by atomic mass is 10.0. The van der Waals surface area contributed by atoms with E-state index in [-0.39, 0.29) is 16.8 Å². The first-order valence-electron chi connectivity index (χ1n) is 9.92. The van der Waals surface area contributed by atoms with E-state index in [1.165, 1.54) is 30.3 Å². The third-order valence-electron chi connectivity index (χ3n) is 5.00. The summed E-state index contributed by atoms with van der Waals surface area (Å²) in [6.45, 7) is 0.733. The van der Waals surface area contributed by atoms with Crippen molar-refractivity contribution in [2.24, 2.45) is 4.99 Å². The molecule has 32 heavy (non-hydrogen) atoms. The maximum absolute atomic E-state index is 14.7. The molecule has 0 fully saturated rings. The molecule has 4 rings (SSSR count). The van der Waals surface area contributed by atoms with Crippen molar-refractivity contribution in [1.82, 2.24) is 0 Å². The number of anilines is 2. The number of nitrogens with one attached hydrogen (secondary N) is 2. The Morgan fingerprint density at radius 1 is 0.844 bits per heavy atom. The number of aliphatic imine (C=N–C) groups is 1. The fraction of sp³-hybridized carbons (Fsp3) is 0.125. The van der Waals surface area contributed by atoms with Crippen molar-refractivity contribution in [2.75, 3.05) is 17.2 Å². The second-order valence-electron chi connectivity index (χ2n) is 7.23. The number of nitrogens with zero attached hydrogens (tertiary/aromatic N) is 1. The van der Waals surface area contributed by atoms with Crippen molar-refractivity contribution in [2.45, 2.75) is 12.8 Å². The molecule has 0 aromatic heterocycles. The van der Waals surface area contributed by atoms with E-state index >= 15 is 0 Å². The predicted molar refractivity (Wildman–Crippen MR) is 126 cm³/mol. The highest BCUT2D eigenvalue weighted by Crippen LogP contribution is 2.24. The molecule has 0 radical (unpaired) electrons. The first-order chi connectivity index (χ1) is 15.4. The Morgan fingerprint density at radius 2 is 1.56 bits per heavy atom. The average molecular weight is 470 g/mol. The van der Waals surface area contributed by atoms with Gasteiger partial charge in [-0.05, 0) is 73.0 Å². The standard InChI is InChI=1S/C24H18Cl2FN3O2/c25-15-4-7-17(8-5-15)29-24(32)19-13-16(26)6-10-22(19)30-23(31)18-9-3-14(12-20(18)27)21-2-1-11-28-21/h3-10,12-13H,1-2,11H2,(H,29,32)(H,30,31). The molecule has 0 spiro atoms. The summed E-state index contributed by atoms with van der Waals surface area (Å²) in [5.74, 6) is -1.82. The van der Waals surface area contributed by atoms with Gasteiger partial charge in [0.25, 0.3) is 11.8 Å². The molecule has 8 heteroatoms. The maximum Gasteiger partial charge on any atom is 0.258 e. The van der Waals surface area contributed by atoms with Crippen LogP contribution < -0.4 is 10.6 Å². The van der Waals surface area contributed by atoms with Crippen molar-refractivity contribution in [1.29, 1.82) is 0 Å². The molecule has 0 aliphatic carbocycles. The molecule has 1 heterocycles. The summed E-state index contributed by atoms with van der Waals surface area (Å²) in [6, 6.07) is 15.5. The average Bonchev–Trinajstić information content (AvgIpc) is 3.31. The van der Waals surface area contributed by atoms with Crippen molar-refractivity contribution in [3.8, 4) is 0 Å². The fourth-order valence-corrected chi connectivity index (χ4v) is 3.69. The molecule has 162 valence electrons. The number of amides is 2. The van der Waals surface area contributed by atoms with E-state index in [9.17, 15) is 14.0 Å². The Labute approximate surface area is 194 Å².